The van der Waals surface area contributed by atoms with E-state index in [4.69, 9.17) is 9.97 Å². The van der Waals surface area contributed by atoms with E-state index in [0.29, 0.717) is 40.7 Å². The van der Waals surface area contributed by atoms with E-state index in [-0.39, 0.29) is 17.2 Å². The zero-order valence-electron chi connectivity index (χ0n) is 30.6. The second-order valence-electron chi connectivity index (χ2n) is 15.6. The molecule has 278 valence electrons. The summed E-state index contributed by atoms with van der Waals surface area (Å²) >= 11 is 2.28. The average molecular weight is 831 g/mol. The molecule has 13 heteroatoms. The molecule has 0 saturated heterocycles. The van der Waals surface area contributed by atoms with Crippen molar-refractivity contribution >= 4 is 51.7 Å². The summed E-state index contributed by atoms with van der Waals surface area (Å²) in [4.78, 5) is 51.3. The minimum absolute atomic E-state index is 0.157. The fourth-order valence-corrected chi connectivity index (χ4v) is 10.2. The van der Waals surface area contributed by atoms with E-state index in [1.807, 2.05) is 66.4 Å². The van der Waals surface area contributed by atoms with Crippen molar-refractivity contribution in [2.24, 2.45) is 17.9 Å². The number of halogens is 1. The van der Waals surface area contributed by atoms with Crippen LogP contribution in [0.15, 0.2) is 36.4 Å². The van der Waals surface area contributed by atoms with Crippen LogP contribution in [0, 0.1) is 24.7 Å². The molecule has 0 atom stereocenters. The second kappa shape index (κ2) is 14.0. The van der Waals surface area contributed by atoms with Gasteiger partial charge in [-0.15, -0.1) is 0 Å². The molecule has 53 heavy (non-hydrogen) atoms. The number of nitrogens with zero attached hydrogens (tertiary/aromatic N) is 5. The van der Waals surface area contributed by atoms with Crippen LogP contribution in [0.4, 0.5) is 11.4 Å². The van der Waals surface area contributed by atoms with Crippen molar-refractivity contribution in [2.75, 3.05) is 30.3 Å². The number of hydrogen-bond donors (Lipinski definition) is 4. The Morgan fingerprint density at radius 3 is 2.15 bits per heavy atom. The fourth-order valence-electron chi connectivity index (χ4n) is 9.48. The Labute approximate surface area is 323 Å². The van der Waals surface area contributed by atoms with Crippen molar-refractivity contribution in [1.29, 1.82) is 0 Å². The molecule has 2 aliphatic carbocycles. The maximum Gasteiger partial charge on any atom is 0.309 e. The molecule has 2 fully saturated rings. The number of nitrogens with one attached hydrogen (secondary N) is 3. The van der Waals surface area contributed by atoms with Gasteiger partial charge in [0.1, 0.15) is 0 Å². The quantitative estimate of drug-likeness (QED) is 0.109. The molecule has 12 nitrogen and oxygen atoms in total. The number of aliphatic carboxylic acids is 1. The summed E-state index contributed by atoms with van der Waals surface area (Å²) in [5.74, 6) is -0.284. The molecule has 2 amide bonds. The van der Waals surface area contributed by atoms with Crippen LogP contribution >= 0.6 is 22.6 Å². The lowest BCUT2D eigenvalue weighted by molar-refractivity contribution is -0.148. The number of carbonyl (C=O) groups is 3. The fraction of sp³-hybridized carbons (Fsp3) is 0.475. The number of fused-ring (bicyclic) bond motifs is 4. The Kier molecular flexibility index (Phi) is 9.46. The van der Waals surface area contributed by atoms with Gasteiger partial charge in [-0.3, -0.25) is 19.3 Å². The van der Waals surface area contributed by atoms with Gasteiger partial charge in [0.15, 0.2) is 5.82 Å². The summed E-state index contributed by atoms with van der Waals surface area (Å²) in [6.45, 7) is 8.06. The molecular weight excluding hydrogens is 783 g/mol. The van der Waals surface area contributed by atoms with Crippen molar-refractivity contribution in [1.82, 2.24) is 29.3 Å². The lowest BCUT2D eigenvalue weighted by atomic mass is 9.80. The Morgan fingerprint density at radius 1 is 0.887 bits per heavy atom. The molecule has 2 bridgehead atoms. The molecule has 4 aliphatic rings. The van der Waals surface area contributed by atoms with E-state index < -0.39 is 11.4 Å². The summed E-state index contributed by atoms with van der Waals surface area (Å²) in [5.41, 5.74) is 8.95. The third-order valence-electron chi connectivity index (χ3n) is 12.7. The summed E-state index contributed by atoms with van der Waals surface area (Å²) in [6, 6.07) is 11.8. The van der Waals surface area contributed by atoms with Gasteiger partial charge in [0.2, 0.25) is 5.82 Å². The van der Waals surface area contributed by atoms with Crippen LogP contribution in [0.5, 0.6) is 0 Å². The molecule has 2 saturated carbocycles. The van der Waals surface area contributed by atoms with Crippen LogP contribution in [0.2, 0.25) is 0 Å². The first-order chi connectivity index (χ1) is 25.5. The van der Waals surface area contributed by atoms with Gasteiger partial charge in [-0.1, -0.05) is 46.9 Å². The average Bonchev–Trinajstić information content (AvgIpc) is 3.92. The number of hydrogen-bond acceptors (Lipinski definition) is 7. The van der Waals surface area contributed by atoms with Crippen LogP contribution in [0.3, 0.4) is 0 Å². The number of carbonyl (C=O) groups excluding carboxylic acids is 2. The normalized spacial score (nSPS) is 22.0. The zero-order valence-corrected chi connectivity index (χ0v) is 32.8. The standard InChI is InChI=1S/C40H47IN8O4/c1-24-26(27-7-5-9-29(25(27)2)46-37(51)35-43-30-20-42-17-10-33(30)49(35)23-41)6-4-8-28(24)45-36(50)34-44-31-21-48(18-11-32(31)47(34)3)19-16-39-12-14-40(22-39,15-13-39)38(52)53/h4-9,42H,10-23H2,1-3H3,(H,45,50)(H,46,51)(H,52,53). The number of anilines is 2. The molecule has 0 radical (unpaired) electrons. The lowest BCUT2D eigenvalue weighted by Crippen LogP contribution is -2.34. The lowest BCUT2D eigenvalue weighted by Gasteiger charge is -2.32. The molecule has 2 aliphatic heterocycles. The highest BCUT2D eigenvalue weighted by Gasteiger charge is 2.57. The highest BCUT2D eigenvalue weighted by Crippen LogP contribution is 2.63. The SMILES string of the molecule is Cc1c(NC(=O)c2nc3c(n2C)CCN(CCC24CCC(C(=O)O)(CC2)C4)C3)cccc1-c1cccc(NC(=O)c2nc3c(n2CI)CCNC3)c1C. The minimum Gasteiger partial charge on any atom is -0.481 e. The number of carboxylic acids is 1. The predicted octanol–water partition coefficient (Wildman–Crippen LogP) is 6.23. The zero-order chi connectivity index (χ0) is 37.1. The largest absolute Gasteiger partial charge is 0.481 e. The number of amides is 2. The maximum atomic E-state index is 13.8. The van der Waals surface area contributed by atoms with Crippen LogP contribution in [0.1, 0.15) is 93.7 Å². The molecule has 8 rings (SSSR count). The number of carboxylic acid groups (broad SMARTS) is 1. The van der Waals surface area contributed by atoms with Crippen molar-refractivity contribution in [2.45, 2.75) is 82.9 Å². The molecular formula is C40H47IN8O4. The van der Waals surface area contributed by atoms with Crippen molar-refractivity contribution in [3.05, 3.63) is 81.9 Å². The van der Waals surface area contributed by atoms with Gasteiger partial charge in [0.25, 0.3) is 11.8 Å². The minimum atomic E-state index is -0.613. The summed E-state index contributed by atoms with van der Waals surface area (Å²) in [5, 5.41) is 19.4. The smallest absolute Gasteiger partial charge is 0.309 e. The van der Waals surface area contributed by atoms with E-state index in [9.17, 15) is 19.5 Å². The topological polar surface area (TPSA) is 146 Å². The van der Waals surface area contributed by atoms with Crippen LogP contribution in [-0.2, 0) is 42.3 Å². The van der Waals surface area contributed by atoms with E-state index in [2.05, 4.69) is 43.4 Å². The van der Waals surface area contributed by atoms with Crippen LogP contribution in [0.25, 0.3) is 11.1 Å². The van der Waals surface area contributed by atoms with E-state index in [1.54, 1.807) is 0 Å². The highest BCUT2D eigenvalue weighted by molar-refractivity contribution is 14.1. The highest BCUT2D eigenvalue weighted by atomic mass is 127. The van der Waals surface area contributed by atoms with Crippen LogP contribution in [-0.4, -0.2) is 66.5 Å². The number of benzene rings is 2. The van der Waals surface area contributed by atoms with Gasteiger partial charge < -0.3 is 30.2 Å². The Balaban J connectivity index is 0.954. The van der Waals surface area contributed by atoms with Gasteiger partial charge in [-0.2, -0.15) is 0 Å². The summed E-state index contributed by atoms with van der Waals surface area (Å²) in [6.07, 6.45) is 7.15. The van der Waals surface area contributed by atoms with Crippen molar-refractivity contribution in [3.8, 4) is 11.1 Å². The molecule has 2 aromatic carbocycles. The summed E-state index contributed by atoms with van der Waals surface area (Å²) in [7, 11) is 1.92. The first-order valence-corrected chi connectivity index (χ1v) is 20.2. The van der Waals surface area contributed by atoms with Crippen molar-refractivity contribution < 1.29 is 19.5 Å². The van der Waals surface area contributed by atoms with Gasteiger partial charge in [0, 0.05) is 68.8 Å². The second-order valence-corrected chi connectivity index (χ2v) is 16.3. The van der Waals surface area contributed by atoms with E-state index in [1.165, 1.54) is 0 Å². The third kappa shape index (κ3) is 6.37. The number of alkyl halides is 1. The molecule has 4 heterocycles. The van der Waals surface area contributed by atoms with E-state index >= 15 is 0 Å². The molecule has 4 aromatic rings. The van der Waals surface area contributed by atoms with Crippen LogP contribution < -0.4 is 16.0 Å². The van der Waals surface area contributed by atoms with Gasteiger partial charge in [0.05, 0.1) is 21.4 Å². The molecule has 0 spiro atoms. The molecule has 2 aromatic heterocycles. The van der Waals surface area contributed by atoms with Gasteiger partial charge >= 0.3 is 5.97 Å². The monoisotopic (exact) mass is 830 g/mol. The number of aromatic nitrogens is 4. The summed E-state index contributed by atoms with van der Waals surface area (Å²) < 4.78 is 4.59. The van der Waals surface area contributed by atoms with Gasteiger partial charge in [-0.05, 0) is 98.7 Å². The maximum absolute atomic E-state index is 13.8. The Morgan fingerprint density at radius 2 is 1.53 bits per heavy atom. The Hall–Kier alpha value is -4.08. The number of imidazole rings is 2. The van der Waals surface area contributed by atoms with Crippen molar-refractivity contribution in [3.63, 3.8) is 0 Å². The first-order valence-electron chi connectivity index (χ1n) is 18.7. The van der Waals surface area contributed by atoms with Gasteiger partial charge in [-0.25, -0.2) is 9.97 Å². The Bertz CT molecular complexity index is 2130. The first kappa shape index (κ1) is 35.9. The molecule has 0 unspecified atom stereocenters. The predicted molar refractivity (Wildman–Crippen MR) is 211 cm³/mol. The number of rotatable bonds is 10. The van der Waals surface area contributed by atoms with E-state index in [0.717, 1.165) is 116 Å². The third-order valence-corrected chi connectivity index (χ3v) is 13.4. The molecule has 4 N–H and O–H groups in total.